The monoisotopic (exact) mass is 765 g/mol. The molecule has 5 heterocycles. The number of benzene rings is 2. The summed E-state index contributed by atoms with van der Waals surface area (Å²) in [4.78, 5) is 53.2. The average Bonchev–Trinajstić information content (AvgIpc) is 3.66. The Labute approximate surface area is 314 Å². The van der Waals surface area contributed by atoms with Gasteiger partial charge in [-0.25, -0.2) is 4.39 Å². The van der Waals surface area contributed by atoms with Gasteiger partial charge in [0, 0.05) is 55.0 Å². The number of hydrogen-bond donors (Lipinski definition) is 3. The number of pyridine rings is 1. The van der Waals surface area contributed by atoms with Crippen molar-refractivity contribution in [3.8, 4) is 16.9 Å². The number of fused-ring (bicyclic) bond motifs is 1. The number of halogens is 4. The molecule has 3 saturated heterocycles. The largest absolute Gasteiger partial charge is 0.496 e. The Balaban J connectivity index is 0.923. The number of carbonyl (C=O) groups is 3. The van der Waals surface area contributed by atoms with E-state index in [9.17, 15) is 32.3 Å². The van der Waals surface area contributed by atoms with Gasteiger partial charge in [0.2, 0.25) is 17.7 Å². The summed E-state index contributed by atoms with van der Waals surface area (Å²) >= 11 is 0. The number of nitrogens with zero attached hydrogens (tertiary/aromatic N) is 4. The van der Waals surface area contributed by atoms with Gasteiger partial charge in [-0.15, -0.1) is 0 Å². The highest BCUT2D eigenvalue weighted by Crippen LogP contribution is 2.41. The molecule has 2 aromatic heterocycles. The Hall–Kier alpha value is -5.25. The van der Waals surface area contributed by atoms with E-state index >= 15 is 4.39 Å². The third-order valence-corrected chi connectivity index (χ3v) is 11.3. The maximum atomic E-state index is 15.7. The number of H-pyrrole nitrogens is 1. The number of anilines is 1. The van der Waals surface area contributed by atoms with Gasteiger partial charge in [-0.1, -0.05) is 6.07 Å². The van der Waals surface area contributed by atoms with Crippen LogP contribution in [0, 0.1) is 11.7 Å². The minimum atomic E-state index is -4.62. The quantitative estimate of drug-likeness (QED) is 0.160. The predicted octanol–water partition coefficient (Wildman–Crippen LogP) is 4.97. The Morgan fingerprint density at radius 1 is 1.02 bits per heavy atom. The third kappa shape index (κ3) is 8.09. The van der Waals surface area contributed by atoms with Crippen LogP contribution in [0.5, 0.6) is 5.75 Å². The van der Waals surface area contributed by atoms with Crippen LogP contribution in [0.2, 0.25) is 0 Å². The lowest BCUT2D eigenvalue weighted by molar-refractivity contribution is -0.139. The second kappa shape index (κ2) is 15.5. The van der Waals surface area contributed by atoms with Crippen LogP contribution in [0.4, 0.5) is 23.2 Å². The first-order valence-electron chi connectivity index (χ1n) is 18.5. The summed E-state index contributed by atoms with van der Waals surface area (Å²) < 4.78 is 65.5. The fourth-order valence-corrected chi connectivity index (χ4v) is 8.18. The van der Waals surface area contributed by atoms with E-state index in [0.717, 1.165) is 18.9 Å². The molecule has 0 spiro atoms. The SMILES string of the molecule is COc1cc(-c2cn(C)c(=O)c3[nH]ncc23)cc(F)c1CC1CCN(CC(=O)N2CCC(c3ccc(NC4CCC(=O)NC4=O)cc3C(F)(F)F)CC2)CC1. The molecule has 12 nitrogen and oxygen atoms in total. The number of alkyl halides is 3. The Morgan fingerprint density at radius 2 is 1.76 bits per heavy atom. The summed E-state index contributed by atoms with van der Waals surface area (Å²) in [6, 6.07) is 6.44. The molecule has 0 saturated carbocycles. The first-order valence-corrected chi connectivity index (χ1v) is 18.5. The molecule has 0 radical (unpaired) electrons. The number of ether oxygens (including phenoxy) is 1. The standard InChI is InChI=1S/C39H43F4N7O5/c1-48-20-29(28-19-44-47-36(28)38(48)54)24-16-31(40)27(33(17-24)55-2)15-22-7-11-49(12-8-22)21-35(52)50-13-9-23(10-14-50)26-4-3-25(18-30(26)39(41,42)43)45-32-5-6-34(51)46-37(32)53/h3-4,16-20,22-23,32,45H,5-15,21H2,1-2H3,(H,44,47)(H,46,51,53). The van der Waals surface area contributed by atoms with Crippen molar-refractivity contribution in [3.05, 3.63) is 75.6 Å². The summed E-state index contributed by atoms with van der Waals surface area (Å²) in [5, 5.41) is 12.3. The van der Waals surface area contributed by atoms with Crippen molar-refractivity contribution in [1.82, 2.24) is 29.9 Å². The lowest BCUT2D eigenvalue weighted by Crippen LogP contribution is -2.47. The third-order valence-electron chi connectivity index (χ3n) is 11.3. The minimum Gasteiger partial charge on any atom is -0.496 e. The second-order valence-corrected chi connectivity index (χ2v) is 14.8. The van der Waals surface area contributed by atoms with Crippen LogP contribution in [-0.4, -0.2) is 88.2 Å². The van der Waals surface area contributed by atoms with E-state index in [1.165, 1.54) is 29.9 Å². The van der Waals surface area contributed by atoms with Gasteiger partial charge in [0.05, 0.1) is 25.4 Å². The number of imide groups is 1. The summed E-state index contributed by atoms with van der Waals surface area (Å²) in [6.07, 6.45) is 1.64. The van der Waals surface area contributed by atoms with Gasteiger partial charge in [-0.05, 0) is 98.8 Å². The van der Waals surface area contributed by atoms with Crippen LogP contribution in [-0.2, 0) is 34.0 Å². The van der Waals surface area contributed by atoms with Crippen molar-refractivity contribution < 1.29 is 36.7 Å². The zero-order valence-corrected chi connectivity index (χ0v) is 30.6. The lowest BCUT2D eigenvalue weighted by atomic mass is 9.86. The van der Waals surface area contributed by atoms with E-state index in [-0.39, 0.29) is 53.9 Å². The summed E-state index contributed by atoms with van der Waals surface area (Å²) in [7, 11) is 3.13. The van der Waals surface area contributed by atoms with Crippen molar-refractivity contribution in [1.29, 1.82) is 0 Å². The highest BCUT2D eigenvalue weighted by molar-refractivity contribution is 6.01. The average molecular weight is 766 g/mol. The maximum Gasteiger partial charge on any atom is 0.416 e. The second-order valence-electron chi connectivity index (χ2n) is 14.8. The van der Waals surface area contributed by atoms with Crippen molar-refractivity contribution in [2.75, 3.05) is 45.2 Å². The zero-order chi connectivity index (χ0) is 39.0. The summed E-state index contributed by atoms with van der Waals surface area (Å²) in [5.41, 5.74) is 1.34. The molecule has 55 heavy (non-hydrogen) atoms. The number of aromatic nitrogens is 3. The molecule has 16 heteroatoms. The van der Waals surface area contributed by atoms with Crippen molar-refractivity contribution in [3.63, 3.8) is 0 Å². The Kier molecular flexibility index (Phi) is 10.7. The van der Waals surface area contributed by atoms with Crippen molar-refractivity contribution in [2.45, 2.75) is 63.1 Å². The topological polar surface area (TPSA) is 142 Å². The molecule has 3 N–H and O–H groups in total. The molecule has 2 aromatic carbocycles. The van der Waals surface area contributed by atoms with Gasteiger partial charge < -0.3 is 19.5 Å². The van der Waals surface area contributed by atoms with Gasteiger partial charge in [-0.2, -0.15) is 18.3 Å². The number of aromatic amines is 1. The van der Waals surface area contributed by atoms with Gasteiger partial charge in [0.25, 0.3) is 5.56 Å². The molecule has 4 aromatic rings. The molecule has 3 aliphatic heterocycles. The molecular formula is C39H43F4N7O5. The van der Waals surface area contributed by atoms with Crippen LogP contribution in [0.1, 0.15) is 61.1 Å². The number of amides is 3. The molecule has 1 atom stereocenters. The Morgan fingerprint density at radius 3 is 2.45 bits per heavy atom. The molecular weight excluding hydrogens is 722 g/mol. The molecule has 292 valence electrons. The van der Waals surface area contributed by atoms with Crippen molar-refractivity contribution >= 4 is 34.3 Å². The molecule has 7 rings (SSSR count). The van der Waals surface area contributed by atoms with E-state index in [0.29, 0.717) is 78.8 Å². The number of hydrogen-bond acceptors (Lipinski definition) is 8. The van der Waals surface area contributed by atoms with E-state index in [2.05, 4.69) is 25.7 Å². The number of piperidine rings is 3. The van der Waals surface area contributed by atoms with Crippen LogP contribution in [0.15, 0.2) is 47.5 Å². The number of carbonyl (C=O) groups excluding carboxylic acids is 3. The molecule has 0 aliphatic carbocycles. The number of likely N-dealkylation sites (tertiary alicyclic amines) is 2. The molecule has 1 unspecified atom stereocenters. The molecule has 3 aliphatic rings. The normalized spacial score (nSPS) is 19.2. The highest BCUT2D eigenvalue weighted by Gasteiger charge is 2.37. The van der Waals surface area contributed by atoms with Crippen LogP contribution >= 0.6 is 0 Å². The van der Waals surface area contributed by atoms with Crippen molar-refractivity contribution in [2.24, 2.45) is 13.0 Å². The summed E-state index contributed by atoms with van der Waals surface area (Å²) in [5.74, 6) is -1.23. The molecule has 0 bridgehead atoms. The fourth-order valence-electron chi connectivity index (χ4n) is 8.18. The first kappa shape index (κ1) is 38.0. The fraction of sp³-hybridized carbons (Fsp3) is 0.462. The van der Waals surface area contributed by atoms with Crippen LogP contribution in [0.25, 0.3) is 22.0 Å². The minimum absolute atomic E-state index is 0.0647. The highest BCUT2D eigenvalue weighted by atomic mass is 19.4. The number of aryl methyl sites for hydroxylation is 1. The first-order chi connectivity index (χ1) is 26.3. The molecule has 3 amide bonds. The number of nitrogens with one attached hydrogen (secondary N) is 3. The predicted molar refractivity (Wildman–Crippen MR) is 196 cm³/mol. The van der Waals surface area contributed by atoms with Gasteiger partial charge in [0.15, 0.2) is 0 Å². The van der Waals surface area contributed by atoms with E-state index in [4.69, 9.17) is 4.74 Å². The lowest BCUT2D eigenvalue weighted by Gasteiger charge is -2.36. The number of methoxy groups -OCH3 is 1. The van der Waals surface area contributed by atoms with Crippen LogP contribution < -0.4 is 20.9 Å². The van der Waals surface area contributed by atoms with Gasteiger partial charge >= 0.3 is 6.18 Å². The van der Waals surface area contributed by atoms with E-state index < -0.39 is 35.4 Å². The van der Waals surface area contributed by atoms with E-state index in [1.807, 2.05) is 0 Å². The van der Waals surface area contributed by atoms with Gasteiger partial charge in [-0.3, -0.25) is 34.5 Å². The maximum absolute atomic E-state index is 15.7. The smallest absolute Gasteiger partial charge is 0.416 e. The zero-order valence-electron chi connectivity index (χ0n) is 30.6. The van der Waals surface area contributed by atoms with E-state index in [1.54, 1.807) is 30.4 Å². The number of rotatable bonds is 9. The van der Waals surface area contributed by atoms with Gasteiger partial charge in [0.1, 0.15) is 23.1 Å². The van der Waals surface area contributed by atoms with Crippen LogP contribution in [0.3, 0.4) is 0 Å². The Bertz CT molecular complexity index is 2170. The molecule has 3 fully saturated rings. The summed E-state index contributed by atoms with van der Waals surface area (Å²) in [6.45, 7) is 2.20.